The van der Waals surface area contributed by atoms with Gasteiger partial charge >= 0.3 is 0 Å². The van der Waals surface area contributed by atoms with Crippen LogP contribution in [0.25, 0.3) is 0 Å². The fourth-order valence-electron chi connectivity index (χ4n) is 5.91. The van der Waals surface area contributed by atoms with Crippen molar-refractivity contribution in [1.82, 2.24) is 0 Å². The van der Waals surface area contributed by atoms with Gasteiger partial charge in [0.25, 0.3) is 0 Å². The molecule has 0 saturated carbocycles. The van der Waals surface area contributed by atoms with E-state index in [0.29, 0.717) is 5.71 Å². The Morgan fingerprint density at radius 3 is 2.10 bits per heavy atom. The molecule has 0 saturated heterocycles. The maximum atomic E-state index is 13.1. The third-order valence-electron chi connectivity index (χ3n) is 8.73. The van der Waals surface area contributed by atoms with E-state index in [0.717, 1.165) is 66.7 Å². The molecule has 40 heavy (non-hydrogen) atoms. The molecule has 3 aliphatic rings. The van der Waals surface area contributed by atoms with Gasteiger partial charge in [-0.05, 0) is 72.2 Å². The number of allylic oxidation sites excluding steroid dienone is 5. The number of carbonyl (C=O) groups excluding carboxylic acids is 2. The monoisotopic (exact) mass is 536 g/mol. The van der Waals surface area contributed by atoms with Crippen molar-refractivity contribution in [1.29, 1.82) is 0 Å². The zero-order valence-corrected chi connectivity index (χ0v) is 24.6. The second-order valence-electron chi connectivity index (χ2n) is 12.3. The van der Waals surface area contributed by atoms with Crippen LogP contribution in [0.15, 0.2) is 76.1 Å². The van der Waals surface area contributed by atoms with Gasteiger partial charge in [0.05, 0.1) is 22.5 Å². The van der Waals surface area contributed by atoms with E-state index < -0.39 is 22.4 Å². The number of aliphatic imine (C=N–C) groups is 1. The lowest BCUT2D eigenvalue weighted by molar-refractivity contribution is -0.131. The number of ketones is 2. The van der Waals surface area contributed by atoms with E-state index >= 15 is 0 Å². The van der Waals surface area contributed by atoms with Gasteiger partial charge in [0.1, 0.15) is 5.76 Å². The number of Topliss-reactive ketones (excluding diaryl/α,β-unsaturated/α-hetero) is 2. The largest absolute Gasteiger partial charge is 0.506 e. The second-order valence-corrected chi connectivity index (χ2v) is 12.3. The van der Waals surface area contributed by atoms with Crippen LogP contribution in [0.3, 0.4) is 0 Å². The summed E-state index contributed by atoms with van der Waals surface area (Å²) >= 11 is 0. The molecule has 0 unspecified atom stereocenters. The van der Waals surface area contributed by atoms with Crippen molar-refractivity contribution >= 4 is 28.7 Å². The molecule has 0 amide bonds. The van der Waals surface area contributed by atoms with E-state index in [1.54, 1.807) is 12.2 Å². The zero-order chi connectivity index (χ0) is 28.8. The minimum Gasteiger partial charge on any atom is -0.506 e. The highest BCUT2D eigenvalue weighted by Crippen LogP contribution is 2.45. The molecule has 0 aromatic heterocycles. The Balaban J connectivity index is 1.47. The minimum absolute atomic E-state index is 0.0119. The number of aliphatic hydroxyl groups excluding tert-OH is 1. The third kappa shape index (κ3) is 4.66. The molecule has 208 valence electrons. The van der Waals surface area contributed by atoms with Crippen molar-refractivity contribution < 1.29 is 14.7 Å². The molecule has 2 aromatic rings. The van der Waals surface area contributed by atoms with Crippen LogP contribution in [0, 0.1) is 0 Å². The van der Waals surface area contributed by atoms with Gasteiger partial charge in [-0.2, -0.15) is 0 Å². The molecule has 5 nitrogen and oxygen atoms in total. The van der Waals surface area contributed by atoms with Crippen molar-refractivity contribution in [3.63, 3.8) is 0 Å². The van der Waals surface area contributed by atoms with Gasteiger partial charge in [0.2, 0.25) is 11.6 Å². The molecule has 0 radical (unpaired) electrons. The van der Waals surface area contributed by atoms with Crippen molar-refractivity contribution in [2.45, 2.75) is 90.9 Å². The SMILES string of the molecule is CCCCc1ccc2c(c1)C(C)(C)C(/C=C1/C(=O)C(=O)C(/C=C3/Nc4ccc(CCCC)cc4C3(C)C)=C1O)=N2. The molecule has 2 N–H and O–H groups in total. The number of benzene rings is 2. The molecule has 0 bridgehead atoms. The Labute approximate surface area is 237 Å². The molecular weight excluding hydrogens is 496 g/mol. The highest BCUT2D eigenvalue weighted by atomic mass is 16.3. The molecule has 0 atom stereocenters. The summed E-state index contributed by atoms with van der Waals surface area (Å²) in [6.07, 6.45) is 9.82. The third-order valence-corrected chi connectivity index (χ3v) is 8.73. The van der Waals surface area contributed by atoms with E-state index in [2.05, 4.69) is 77.2 Å². The topological polar surface area (TPSA) is 78.8 Å². The van der Waals surface area contributed by atoms with E-state index in [1.165, 1.54) is 11.1 Å². The van der Waals surface area contributed by atoms with E-state index in [4.69, 9.17) is 4.99 Å². The number of anilines is 1. The first kappa shape index (κ1) is 27.8. The number of hydrogen-bond acceptors (Lipinski definition) is 5. The van der Waals surface area contributed by atoms with Crippen LogP contribution in [-0.2, 0) is 33.3 Å². The summed E-state index contributed by atoms with van der Waals surface area (Å²) in [7, 11) is 0. The van der Waals surface area contributed by atoms with Gasteiger partial charge in [0, 0.05) is 22.2 Å². The summed E-state index contributed by atoms with van der Waals surface area (Å²) in [5.74, 6) is -1.67. The lowest BCUT2D eigenvalue weighted by atomic mass is 9.80. The van der Waals surface area contributed by atoms with E-state index in [9.17, 15) is 14.7 Å². The average Bonchev–Trinajstić information content (AvgIpc) is 3.41. The molecule has 0 fully saturated rings. The predicted octanol–water partition coefficient (Wildman–Crippen LogP) is 7.91. The second kappa shape index (κ2) is 10.3. The van der Waals surface area contributed by atoms with Crippen LogP contribution in [0.2, 0.25) is 0 Å². The smallest absolute Gasteiger partial charge is 0.237 e. The molecule has 1 aliphatic carbocycles. The number of hydrogen-bond donors (Lipinski definition) is 2. The van der Waals surface area contributed by atoms with Gasteiger partial charge in [-0.1, -0.05) is 78.6 Å². The normalized spacial score (nSPS) is 20.8. The fraction of sp³-hybridized carbons (Fsp3) is 0.400. The lowest BCUT2D eigenvalue weighted by Crippen LogP contribution is -2.25. The number of aliphatic hydroxyl groups is 1. The van der Waals surface area contributed by atoms with Gasteiger partial charge in [-0.3, -0.25) is 14.6 Å². The number of nitrogens with zero attached hydrogens (tertiary/aromatic N) is 1. The summed E-state index contributed by atoms with van der Waals surface area (Å²) in [6.45, 7) is 12.7. The minimum atomic E-state index is -0.697. The number of rotatable bonds is 8. The Morgan fingerprint density at radius 2 is 1.45 bits per heavy atom. The fourth-order valence-corrected chi connectivity index (χ4v) is 5.91. The maximum Gasteiger partial charge on any atom is 0.237 e. The molecule has 0 spiro atoms. The Bertz CT molecular complexity index is 1530. The van der Waals surface area contributed by atoms with Gasteiger partial charge in [-0.15, -0.1) is 0 Å². The van der Waals surface area contributed by atoms with Crippen molar-refractivity contribution in [3.05, 3.63) is 93.4 Å². The summed E-state index contributed by atoms with van der Waals surface area (Å²) in [5.41, 5.74) is 7.29. The zero-order valence-electron chi connectivity index (χ0n) is 24.6. The molecule has 5 heteroatoms. The molecule has 2 heterocycles. The van der Waals surface area contributed by atoms with Crippen LogP contribution in [0.1, 0.15) is 89.5 Å². The van der Waals surface area contributed by atoms with Crippen LogP contribution in [0.4, 0.5) is 11.4 Å². The first-order chi connectivity index (χ1) is 19.0. The van der Waals surface area contributed by atoms with E-state index in [1.807, 2.05) is 6.07 Å². The maximum absolute atomic E-state index is 13.1. The molecule has 2 aromatic carbocycles. The van der Waals surface area contributed by atoms with Gasteiger partial charge in [-0.25, -0.2) is 0 Å². The van der Waals surface area contributed by atoms with Crippen LogP contribution in [-0.4, -0.2) is 22.4 Å². The summed E-state index contributed by atoms with van der Waals surface area (Å²) in [6, 6.07) is 12.8. The molecule has 2 aliphatic heterocycles. The molecular formula is C35H40N2O3. The standard InChI is InChI=1S/C35H40N2O3/c1-7-9-11-21-13-15-27-25(17-21)34(3,4)29(36-27)19-23-31(38)24(33(40)32(23)39)20-30-35(5,6)26-18-22(12-10-8-2)14-16-28(26)37-30/h13-20,36,38H,7-12H2,1-6H3/b24-20+,29-19+. The quantitative estimate of drug-likeness (QED) is 0.265. The van der Waals surface area contributed by atoms with Crippen molar-refractivity contribution in [2.75, 3.05) is 5.32 Å². The first-order valence-electron chi connectivity index (χ1n) is 14.6. The average molecular weight is 537 g/mol. The number of nitrogens with one attached hydrogen (secondary N) is 1. The first-order valence-corrected chi connectivity index (χ1v) is 14.6. The lowest BCUT2D eigenvalue weighted by Gasteiger charge is -2.21. The Morgan fingerprint density at radius 1 is 0.825 bits per heavy atom. The van der Waals surface area contributed by atoms with E-state index in [-0.39, 0.29) is 16.9 Å². The summed E-state index contributed by atoms with van der Waals surface area (Å²) in [5, 5.41) is 14.6. The Kier molecular flexibility index (Phi) is 7.20. The van der Waals surface area contributed by atoms with Gasteiger partial charge < -0.3 is 10.4 Å². The van der Waals surface area contributed by atoms with Gasteiger partial charge in [0.15, 0.2) is 0 Å². The van der Waals surface area contributed by atoms with Crippen LogP contribution in [0.5, 0.6) is 0 Å². The number of carbonyl (C=O) groups is 2. The van der Waals surface area contributed by atoms with Crippen molar-refractivity contribution in [2.24, 2.45) is 4.99 Å². The summed E-state index contributed by atoms with van der Waals surface area (Å²) in [4.78, 5) is 31.1. The number of aryl methyl sites for hydroxylation is 2. The molecule has 5 rings (SSSR count). The Hall–Kier alpha value is -3.73. The number of fused-ring (bicyclic) bond motifs is 2. The van der Waals surface area contributed by atoms with Crippen molar-refractivity contribution in [3.8, 4) is 0 Å². The number of unbranched alkanes of at least 4 members (excludes halogenated alkanes) is 2. The summed E-state index contributed by atoms with van der Waals surface area (Å²) < 4.78 is 0. The highest BCUT2D eigenvalue weighted by Gasteiger charge is 2.41. The van der Waals surface area contributed by atoms with Crippen LogP contribution < -0.4 is 5.32 Å². The van der Waals surface area contributed by atoms with Crippen LogP contribution >= 0.6 is 0 Å². The highest BCUT2D eigenvalue weighted by molar-refractivity contribution is 6.54. The predicted molar refractivity (Wildman–Crippen MR) is 163 cm³/mol.